The van der Waals surface area contributed by atoms with Crippen LogP contribution in [0.15, 0.2) is 30.3 Å². The lowest BCUT2D eigenvalue weighted by Gasteiger charge is -2.43. The highest BCUT2D eigenvalue weighted by Crippen LogP contribution is 2.40. The van der Waals surface area contributed by atoms with Gasteiger partial charge in [0.05, 0.1) is 13.2 Å². The lowest BCUT2D eigenvalue weighted by atomic mass is 9.69. The van der Waals surface area contributed by atoms with E-state index in [1.807, 2.05) is 37.3 Å². The van der Waals surface area contributed by atoms with Crippen LogP contribution in [0.1, 0.15) is 51.5 Å². The monoisotopic (exact) mass is 535 g/mol. The summed E-state index contributed by atoms with van der Waals surface area (Å²) in [6, 6.07) is 8.74. The molecule has 7 atom stereocenters. The zero-order chi connectivity index (χ0) is 26.4. The molecule has 2 heterocycles. The summed E-state index contributed by atoms with van der Waals surface area (Å²) in [5.41, 5.74) is 0.955. The van der Waals surface area contributed by atoms with E-state index in [0.29, 0.717) is 50.5 Å². The summed E-state index contributed by atoms with van der Waals surface area (Å²) >= 11 is -2.16. The minimum Gasteiger partial charge on any atom is -0.465 e. The van der Waals surface area contributed by atoms with E-state index in [0.717, 1.165) is 44.3 Å². The number of benzene rings is 1. The molecule has 1 aromatic carbocycles. The first-order chi connectivity index (χ1) is 17.9. The highest BCUT2D eigenvalue weighted by atomic mass is 32.2. The lowest BCUT2D eigenvalue weighted by Crippen LogP contribution is -2.51. The van der Waals surface area contributed by atoms with Crippen molar-refractivity contribution in [2.45, 2.75) is 70.6 Å². The first-order valence-electron chi connectivity index (χ1n) is 13.6. The van der Waals surface area contributed by atoms with Crippen LogP contribution in [0.3, 0.4) is 0 Å². The third-order valence-corrected chi connectivity index (χ3v) is 9.03. The third kappa shape index (κ3) is 7.17. The van der Waals surface area contributed by atoms with Crippen LogP contribution in [0.25, 0.3) is 0 Å². The molecule has 4 rings (SSSR count). The highest BCUT2D eigenvalue weighted by Gasteiger charge is 2.44. The van der Waals surface area contributed by atoms with E-state index in [-0.39, 0.29) is 24.0 Å². The van der Waals surface area contributed by atoms with E-state index < -0.39 is 17.3 Å². The van der Waals surface area contributed by atoms with Crippen molar-refractivity contribution in [1.82, 2.24) is 14.5 Å². The van der Waals surface area contributed by atoms with Crippen molar-refractivity contribution in [2.24, 2.45) is 17.8 Å². The number of rotatable bonds is 10. The number of carbonyl (C=O) groups is 2. The molecule has 2 saturated heterocycles. The zero-order valence-electron chi connectivity index (χ0n) is 21.9. The number of likely N-dealkylation sites (tertiary alicyclic amines) is 1. The van der Waals surface area contributed by atoms with E-state index >= 15 is 0 Å². The first kappa shape index (κ1) is 28.2. The van der Waals surface area contributed by atoms with Crippen molar-refractivity contribution in [2.75, 3.05) is 32.8 Å². The van der Waals surface area contributed by atoms with Gasteiger partial charge in [-0.15, -0.1) is 0 Å². The molecule has 0 amide bonds. The predicted octanol–water partition coefficient (Wildman–Crippen LogP) is 2.59. The van der Waals surface area contributed by atoms with Gasteiger partial charge >= 0.3 is 11.9 Å². The van der Waals surface area contributed by atoms with Crippen LogP contribution >= 0.6 is 0 Å². The molecule has 1 saturated carbocycles. The Balaban J connectivity index is 1.42. The number of nitrogens with zero attached hydrogens (tertiary/aromatic N) is 2. The molecule has 0 spiro atoms. The number of fused-ring (bicyclic) bond motifs is 1. The molecular formula is C27H41N3O6S. The van der Waals surface area contributed by atoms with Crippen molar-refractivity contribution in [3.8, 4) is 0 Å². The van der Waals surface area contributed by atoms with Gasteiger partial charge in [0, 0.05) is 25.7 Å². The van der Waals surface area contributed by atoms with Gasteiger partial charge in [-0.1, -0.05) is 30.3 Å². The van der Waals surface area contributed by atoms with Gasteiger partial charge in [0.2, 0.25) is 11.3 Å². The smallest absolute Gasteiger partial charge is 0.323 e. The second kappa shape index (κ2) is 13.3. The van der Waals surface area contributed by atoms with Crippen molar-refractivity contribution in [3.05, 3.63) is 35.9 Å². The third-order valence-electron chi connectivity index (χ3n) is 8.21. The second-order valence-electron chi connectivity index (χ2n) is 10.6. The lowest BCUT2D eigenvalue weighted by molar-refractivity contribution is -0.149. The average molecular weight is 536 g/mol. The summed E-state index contributed by atoms with van der Waals surface area (Å²) < 4.78 is 34.7. The van der Waals surface area contributed by atoms with Gasteiger partial charge in [-0.2, -0.15) is 4.31 Å². The van der Waals surface area contributed by atoms with Crippen LogP contribution in [0.4, 0.5) is 0 Å². The first-order valence-corrected chi connectivity index (χ1v) is 14.7. The summed E-state index contributed by atoms with van der Waals surface area (Å²) in [7, 11) is 0. The number of esters is 2. The average Bonchev–Trinajstić information content (AvgIpc) is 3.31. The Kier molecular flexibility index (Phi) is 10.1. The minimum absolute atomic E-state index is 0.164. The molecule has 3 fully saturated rings. The summed E-state index contributed by atoms with van der Waals surface area (Å²) in [4.78, 5) is 27.4. The summed E-state index contributed by atoms with van der Waals surface area (Å²) in [5.74, 6) is 0.996. The molecule has 1 aromatic rings. The number of carbonyl (C=O) groups excluding carboxylic acids is 2. The molecule has 0 radical (unpaired) electrons. The fourth-order valence-electron chi connectivity index (χ4n) is 6.43. The Bertz CT molecular complexity index is 934. The fourth-order valence-corrected chi connectivity index (χ4v) is 7.10. The van der Waals surface area contributed by atoms with Crippen LogP contribution in [0.2, 0.25) is 0 Å². The van der Waals surface area contributed by atoms with Crippen LogP contribution in [0.5, 0.6) is 0 Å². The molecule has 37 heavy (non-hydrogen) atoms. The molecule has 2 N–H and O–H groups in total. The minimum atomic E-state index is -2.16. The Morgan fingerprint density at radius 1 is 1.05 bits per heavy atom. The number of ether oxygens (including phenoxy) is 2. The fraction of sp³-hybridized carbons (Fsp3) is 0.704. The van der Waals surface area contributed by atoms with Crippen molar-refractivity contribution < 1.29 is 27.8 Å². The Morgan fingerprint density at radius 3 is 2.49 bits per heavy atom. The molecule has 1 unspecified atom stereocenters. The maximum atomic E-state index is 12.9. The summed E-state index contributed by atoms with van der Waals surface area (Å²) in [5, 5.41) is 3.37. The largest absolute Gasteiger partial charge is 0.465 e. The van der Waals surface area contributed by atoms with E-state index in [9.17, 15) is 18.4 Å². The molecule has 0 bridgehead atoms. The SMILES string of the molecule is CCOC(=O)[C@@H]1C[C@H]2C[C@@H](CN3C[C@@H](N(Cc4ccccc4)S(=O)O)C[C@H]3C(=O)OCC)CC[C@H]2CN1. The quantitative estimate of drug-likeness (QED) is 0.348. The summed E-state index contributed by atoms with van der Waals surface area (Å²) in [6.07, 6.45) is 4.44. The molecule has 1 aliphatic carbocycles. The number of hydrogen-bond donors (Lipinski definition) is 2. The normalized spacial score (nSPS) is 31.0. The zero-order valence-corrected chi connectivity index (χ0v) is 22.7. The Hall–Kier alpha value is -1.85. The number of hydrogen-bond acceptors (Lipinski definition) is 7. The molecule has 0 aromatic heterocycles. The van der Waals surface area contributed by atoms with E-state index in [2.05, 4.69) is 10.2 Å². The maximum Gasteiger partial charge on any atom is 0.323 e. The van der Waals surface area contributed by atoms with E-state index in [1.54, 1.807) is 11.2 Å². The molecular weight excluding hydrogens is 494 g/mol. The molecule has 2 aliphatic heterocycles. The number of nitrogens with one attached hydrogen (secondary N) is 1. The van der Waals surface area contributed by atoms with Gasteiger partial charge in [-0.25, -0.2) is 4.21 Å². The van der Waals surface area contributed by atoms with Crippen LogP contribution in [-0.4, -0.2) is 80.9 Å². The molecule has 10 heteroatoms. The van der Waals surface area contributed by atoms with Gasteiger partial charge in [-0.3, -0.25) is 19.0 Å². The van der Waals surface area contributed by atoms with Crippen LogP contribution in [0, 0.1) is 17.8 Å². The van der Waals surface area contributed by atoms with Crippen LogP contribution < -0.4 is 5.32 Å². The van der Waals surface area contributed by atoms with Crippen molar-refractivity contribution in [1.29, 1.82) is 0 Å². The Morgan fingerprint density at radius 2 is 1.78 bits per heavy atom. The molecule has 9 nitrogen and oxygen atoms in total. The maximum absolute atomic E-state index is 12.9. The van der Waals surface area contributed by atoms with Gasteiger partial charge in [0.15, 0.2) is 0 Å². The second-order valence-corrected chi connectivity index (χ2v) is 11.5. The molecule has 206 valence electrons. The van der Waals surface area contributed by atoms with Crippen LogP contribution in [-0.2, 0) is 36.9 Å². The van der Waals surface area contributed by atoms with Crippen molar-refractivity contribution in [3.63, 3.8) is 0 Å². The van der Waals surface area contributed by atoms with E-state index in [1.165, 1.54) is 0 Å². The molecule has 3 aliphatic rings. The standard InChI is InChI=1S/C27H41N3O6S/c1-3-35-26(31)24-13-22-12-20(10-11-21(22)15-28-24)16-29-18-23(14-25(29)27(32)36-4-2)30(37(33)34)17-19-8-6-5-7-9-19/h5-9,20-25,28H,3-4,10-18H2,1-2H3,(H,33,34)/t20-,21-,22+,23-,24-,25-/m0/s1. The topological polar surface area (TPSA) is 108 Å². The van der Waals surface area contributed by atoms with Gasteiger partial charge in [-0.05, 0) is 75.8 Å². The highest BCUT2D eigenvalue weighted by molar-refractivity contribution is 7.76. The predicted molar refractivity (Wildman–Crippen MR) is 141 cm³/mol. The van der Waals surface area contributed by atoms with Gasteiger partial charge in [0.25, 0.3) is 0 Å². The summed E-state index contributed by atoms with van der Waals surface area (Å²) in [6.45, 7) is 6.80. The number of piperidine rings is 1. The Labute approximate surface area is 222 Å². The van der Waals surface area contributed by atoms with E-state index in [4.69, 9.17) is 9.47 Å². The van der Waals surface area contributed by atoms with Gasteiger partial charge < -0.3 is 14.8 Å². The van der Waals surface area contributed by atoms with Gasteiger partial charge in [0.1, 0.15) is 12.1 Å². The van der Waals surface area contributed by atoms with Crippen molar-refractivity contribution >= 4 is 23.2 Å².